The Hall–Kier alpha value is -2.86. The monoisotopic (exact) mass is 366 g/mol. The van der Waals surface area contributed by atoms with Crippen molar-refractivity contribution in [2.75, 3.05) is 7.11 Å². The fraction of sp³-hybridized carbons (Fsp3) is 0.150. The Morgan fingerprint density at radius 3 is 2.50 bits per heavy atom. The van der Waals surface area contributed by atoms with Crippen LogP contribution >= 0.6 is 11.8 Å². The molecule has 26 heavy (non-hydrogen) atoms. The molecule has 0 atom stereocenters. The van der Waals surface area contributed by atoms with Crippen molar-refractivity contribution in [1.29, 1.82) is 0 Å². The van der Waals surface area contributed by atoms with E-state index in [4.69, 9.17) is 4.74 Å². The highest BCUT2D eigenvalue weighted by Gasteiger charge is 2.25. The number of amidine groups is 1. The molecular weight excluding hydrogens is 348 g/mol. The van der Waals surface area contributed by atoms with E-state index in [-0.39, 0.29) is 5.91 Å². The zero-order valence-electron chi connectivity index (χ0n) is 14.7. The van der Waals surface area contributed by atoms with Crippen molar-refractivity contribution in [3.63, 3.8) is 0 Å². The molecule has 1 aliphatic heterocycles. The van der Waals surface area contributed by atoms with Gasteiger partial charge in [-0.1, -0.05) is 36.4 Å². The van der Waals surface area contributed by atoms with Gasteiger partial charge < -0.3 is 10.1 Å². The Labute approximate surface area is 156 Å². The van der Waals surface area contributed by atoms with Crippen molar-refractivity contribution in [2.45, 2.75) is 13.8 Å². The van der Waals surface area contributed by atoms with Crippen LogP contribution in [-0.4, -0.2) is 24.2 Å². The maximum atomic E-state index is 12.3. The molecule has 1 saturated heterocycles. The lowest BCUT2D eigenvalue weighted by Gasteiger charge is -2.04. The topological polar surface area (TPSA) is 67.8 Å². The molecule has 0 aromatic heterocycles. The Bertz CT molecular complexity index is 928. The predicted molar refractivity (Wildman–Crippen MR) is 105 cm³/mol. The summed E-state index contributed by atoms with van der Waals surface area (Å²) in [7, 11) is 1.33. The summed E-state index contributed by atoms with van der Waals surface area (Å²) in [6.07, 6.45) is 1.68. The molecule has 1 aliphatic rings. The second-order valence-corrected chi connectivity index (χ2v) is 6.83. The fourth-order valence-corrected chi connectivity index (χ4v) is 3.44. The number of carbonyl (C=O) groups excluding carboxylic acids is 2. The summed E-state index contributed by atoms with van der Waals surface area (Å²) < 4.78 is 4.80. The number of methoxy groups -OCH3 is 1. The molecule has 2 aromatic carbocycles. The predicted octanol–water partition coefficient (Wildman–Crippen LogP) is 3.98. The van der Waals surface area contributed by atoms with Crippen LogP contribution in [0.5, 0.6) is 0 Å². The number of carbonyl (C=O) groups is 2. The first-order valence-corrected chi connectivity index (χ1v) is 8.84. The maximum Gasteiger partial charge on any atom is 0.338 e. The van der Waals surface area contributed by atoms with E-state index in [2.05, 4.69) is 10.3 Å². The maximum absolute atomic E-state index is 12.3. The Kier molecular flexibility index (Phi) is 5.23. The molecule has 1 amide bonds. The van der Waals surface area contributed by atoms with E-state index in [1.165, 1.54) is 18.9 Å². The minimum atomic E-state index is -0.440. The van der Waals surface area contributed by atoms with Crippen LogP contribution < -0.4 is 5.32 Å². The highest BCUT2D eigenvalue weighted by atomic mass is 32.2. The van der Waals surface area contributed by atoms with E-state index in [0.29, 0.717) is 21.2 Å². The number of aliphatic imine (C=N–C) groups is 1. The van der Waals surface area contributed by atoms with Crippen LogP contribution in [0.15, 0.2) is 52.4 Å². The number of rotatable bonds is 3. The number of ether oxygens (including phenoxy) is 1. The normalized spacial score (nSPS) is 16.8. The number of aryl methyl sites for hydroxylation is 2. The lowest BCUT2D eigenvalue weighted by molar-refractivity contribution is -0.115. The quantitative estimate of drug-likeness (QED) is 0.659. The van der Waals surface area contributed by atoms with Gasteiger partial charge in [0.1, 0.15) is 0 Å². The van der Waals surface area contributed by atoms with E-state index in [1.54, 1.807) is 24.3 Å². The van der Waals surface area contributed by atoms with Crippen molar-refractivity contribution < 1.29 is 14.3 Å². The van der Waals surface area contributed by atoms with Crippen LogP contribution in [0.1, 0.15) is 27.0 Å². The smallest absolute Gasteiger partial charge is 0.338 e. The van der Waals surface area contributed by atoms with Gasteiger partial charge in [0.15, 0.2) is 5.17 Å². The number of benzene rings is 2. The van der Waals surface area contributed by atoms with Gasteiger partial charge in [-0.15, -0.1) is 0 Å². The number of nitrogens with zero attached hydrogens (tertiary/aromatic N) is 1. The number of hydrogen-bond acceptors (Lipinski definition) is 5. The van der Waals surface area contributed by atoms with Gasteiger partial charge in [-0.05, 0) is 54.4 Å². The van der Waals surface area contributed by atoms with Gasteiger partial charge in [0.2, 0.25) is 0 Å². The third kappa shape index (κ3) is 3.70. The molecule has 6 heteroatoms. The van der Waals surface area contributed by atoms with Crippen molar-refractivity contribution >= 4 is 40.6 Å². The Balaban J connectivity index is 1.93. The molecule has 5 nitrogen and oxygen atoms in total. The minimum absolute atomic E-state index is 0.236. The lowest BCUT2D eigenvalue weighted by atomic mass is 10.1. The van der Waals surface area contributed by atoms with Crippen molar-refractivity contribution in [3.8, 4) is 0 Å². The first-order valence-electron chi connectivity index (χ1n) is 8.02. The zero-order chi connectivity index (χ0) is 18.7. The summed E-state index contributed by atoms with van der Waals surface area (Å²) in [5.74, 6) is -0.676. The van der Waals surface area contributed by atoms with E-state index in [9.17, 15) is 9.59 Å². The average molecular weight is 366 g/mol. The first-order chi connectivity index (χ1) is 12.5. The molecule has 0 bridgehead atoms. The summed E-state index contributed by atoms with van der Waals surface area (Å²) in [6, 6.07) is 12.9. The molecule has 2 aromatic rings. The first kappa shape index (κ1) is 17.9. The number of amides is 1. The van der Waals surface area contributed by atoms with Crippen LogP contribution in [0.4, 0.5) is 5.69 Å². The van der Waals surface area contributed by atoms with Gasteiger partial charge in [-0.3, -0.25) is 4.79 Å². The molecule has 1 N–H and O–H groups in total. The Morgan fingerprint density at radius 1 is 1.12 bits per heavy atom. The minimum Gasteiger partial charge on any atom is -0.465 e. The second kappa shape index (κ2) is 7.58. The molecule has 3 rings (SSSR count). The molecule has 1 fully saturated rings. The van der Waals surface area contributed by atoms with Gasteiger partial charge >= 0.3 is 5.97 Å². The third-order valence-electron chi connectivity index (χ3n) is 3.96. The van der Waals surface area contributed by atoms with Gasteiger partial charge in [-0.25, -0.2) is 9.79 Å². The van der Waals surface area contributed by atoms with Gasteiger partial charge in [-0.2, -0.15) is 0 Å². The zero-order valence-corrected chi connectivity index (χ0v) is 15.5. The van der Waals surface area contributed by atoms with Crippen LogP contribution in [0.2, 0.25) is 0 Å². The van der Waals surface area contributed by atoms with Gasteiger partial charge in [0.25, 0.3) is 5.91 Å². The van der Waals surface area contributed by atoms with Crippen molar-refractivity contribution in [3.05, 3.63) is 69.6 Å². The van der Waals surface area contributed by atoms with Crippen LogP contribution in [0.25, 0.3) is 6.08 Å². The van der Waals surface area contributed by atoms with E-state index in [1.807, 2.05) is 38.1 Å². The number of nitrogens with one attached hydrogen (secondary N) is 1. The average Bonchev–Trinajstić information content (AvgIpc) is 2.97. The lowest BCUT2D eigenvalue weighted by Crippen LogP contribution is -2.19. The highest BCUT2D eigenvalue weighted by Crippen LogP contribution is 2.31. The largest absolute Gasteiger partial charge is 0.465 e. The van der Waals surface area contributed by atoms with E-state index < -0.39 is 5.97 Å². The molecule has 0 unspecified atom stereocenters. The summed E-state index contributed by atoms with van der Waals surface area (Å²) >= 11 is 1.25. The van der Waals surface area contributed by atoms with E-state index in [0.717, 1.165) is 16.8 Å². The number of hydrogen-bond donors (Lipinski definition) is 1. The van der Waals surface area contributed by atoms with Crippen LogP contribution in [-0.2, 0) is 9.53 Å². The summed E-state index contributed by atoms with van der Waals surface area (Å²) in [5, 5.41) is 3.30. The third-order valence-corrected chi connectivity index (χ3v) is 4.87. The van der Waals surface area contributed by atoms with Crippen LogP contribution in [0, 0.1) is 13.8 Å². The van der Waals surface area contributed by atoms with Crippen molar-refractivity contribution in [2.24, 2.45) is 4.99 Å². The van der Waals surface area contributed by atoms with Crippen LogP contribution in [0.3, 0.4) is 0 Å². The Morgan fingerprint density at radius 2 is 1.81 bits per heavy atom. The molecule has 0 radical (unpaired) electrons. The van der Waals surface area contributed by atoms with Gasteiger partial charge in [0, 0.05) is 0 Å². The second-order valence-electron chi connectivity index (χ2n) is 5.80. The molecule has 0 spiro atoms. The summed E-state index contributed by atoms with van der Waals surface area (Å²) in [4.78, 5) is 29.3. The standard InChI is InChI=1S/C20H18N2O3S/c1-12-7-6-8-13(2)17(12)21-20-22-18(23)16(26-20)11-14-9-4-5-10-15(14)19(24)25-3/h4-11H,1-3H3,(H,21,22,23)/b16-11-. The number of esters is 1. The van der Waals surface area contributed by atoms with Crippen molar-refractivity contribution in [1.82, 2.24) is 5.32 Å². The summed E-state index contributed by atoms with van der Waals surface area (Å²) in [5.41, 5.74) is 3.98. The molecular formula is C20H18N2O3S. The number of thioether (sulfide) groups is 1. The highest BCUT2D eigenvalue weighted by molar-refractivity contribution is 8.18. The summed E-state index contributed by atoms with van der Waals surface area (Å²) in [6.45, 7) is 3.97. The SMILES string of the molecule is COC(=O)c1ccccc1/C=C1\SC(=Nc2c(C)cccc2C)NC1=O. The molecule has 0 aliphatic carbocycles. The molecule has 1 heterocycles. The van der Waals surface area contributed by atoms with Gasteiger partial charge in [0.05, 0.1) is 23.3 Å². The molecule has 0 saturated carbocycles. The fourth-order valence-electron chi connectivity index (χ4n) is 2.62. The van der Waals surface area contributed by atoms with E-state index >= 15 is 0 Å². The molecule has 132 valence electrons. The number of para-hydroxylation sites is 1.